The Balaban J connectivity index is 1.77. The minimum atomic E-state index is -4.04. The van der Waals surface area contributed by atoms with E-state index in [0.717, 1.165) is 46.0 Å². The predicted molar refractivity (Wildman–Crippen MR) is 137 cm³/mol. The first kappa shape index (κ1) is 25.5. The topological polar surface area (TPSA) is 63.7 Å². The third-order valence-corrected chi connectivity index (χ3v) is 7.40. The van der Waals surface area contributed by atoms with Crippen LogP contribution in [0.3, 0.4) is 0 Å². The van der Waals surface area contributed by atoms with Crippen LogP contribution >= 0.6 is 0 Å². The van der Waals surface area contributed by atoms with E-state index in [1.54, 1.807) is 30.3 Å². The third kappa shape index (κ3) is 6.48. The molecule has 0 atom stereocenters. The van der Waals surface area contributed by atoms with Crippen molar-refractivity contribution in [3.63, 3.8) is 0 Å². The number of carbonyl (C=O) groups is 1. The van der Waals surface area contributed by atoms with Crippen LogP contribution in [0.1, 0.15) is 49.3 Å². The monoisotopic (exact) mass is 479 g/mol. The summed E-state index contributed by atoms with van der Waals surface area (Å²) in [6.45, 7) is 6.42. The molecule has 0 aliphatic heterocycles. The van der Waals surface area contributed by atoms with Crippen molar-refractivity contribution in [3.8, 4) is 5.75 Å². The summed E-state index contributed by atoms with van der Waals surface area (Å²) < 4.78 is 33.7. The summed E-state index contributed by atoms with van der Waals surface area (Å²) in [6.07, 6.45) is 3.52. The molecule has 0 radical (unpaired) electrons. The number of benzene rings is 3. The first-order valence-electron chi connectivity index (χ1n) is 11.7. The van der Waals surface area contributed by atoms with E-state index < -0.39 is 15.9 Å². The largest absolute Gasteiger partial charge is 0.493 e. The van der Waals surface area contributed by atoms with Gasteiger partial charge >= 0.3 is 0 Å². The molecule has 0 saturated heterocycles. The number of rotatable bonds is 11. The molecule has 0 unspecified atom stereocenters. The van der Waals surface area contributed by atoms with Crippen LogP contribution in [-0.4, -0.2) is 20.9 Å². The van der Waals surface area contributed by atoms with Gasteiger partial charge in [-0.3, -0.25) is 4.79 Å². The molecule has 3 aromatic rings. The first-order valence-corrected chi connectivity index (χ1v) is 13.2. The van der Waals surface area contributed by atoms with Gasteiger partial charge in [-0.15, -0.1) is 0 Å². The standard InChI is InChI=1S/C28H33NO4S/c1-4-5-10-24-16-18-25(19-17-24)29(34(31,32)26-11-7-6-8-12-26)28(30)13-9-20-33-27-21-22(2)14-15-23(27)3/h6-8,11-12,14-19,21H,4-5,9-10,13,20H2,1-3H3. The van der Waals surface area contributed by atoms with Crippen molar-refractivity contribution in [3.05, 3.63) is 89.5 Å². The van der Waals surface area contributed by atoms with Crippen LogP contribution in [0.5, 0.6) is 5.75 Å². The van der Waals surface area contributed by atoms with E-state index in [2.05, 4.69) is 6.92 Å². The first-order chi connectivity index (χ1) is 16.3. The van der Waals surface area contributed by atoms with Gasteiger partial charge in [0.1, 0.15) is 5.75 Å². The number of carbonyl (C=O) groups excluding carboxylic acids is 1. The highest BCUT2D eigenvalue weighted by atomic mass is 32.2. The van der Waals surface area contributed by atoms with E-state index in [9.17, 15) is 13.2 Å². The van der Waals surface area contributed by atoms with Gasteiger partial charge in [0.15, 0.2) is 0 Å². The number of amides is 1. The molecule has 1 amide bonds. The van der Waals surface area contributed by atoms with Gasteiger partial charge in [0.25, 0.3) is 10.0 Å². The Morgan fingerprint density at radius 2 is 1.62 bits per heavy atom. The number of ether oxygens (including phenoxy) is 1. The van der Waals surface area contributed by atoms with Gasteiger partial charge in [-0.1, -0.05) is 55.8 Å². The summed E-state index contributed by atoms with van der Waals surface area (Å²) >= 11 is 0. The average molecular weight is 480 g/mol. The van der Waals surface area contributed by atoms with Crippen LogP contribution in [0.25, 0.3) is 0 Å². The summed E-state index contributed by atoms with van der Waals surface area (Å²) in [6, 6.07) is 21.3. The maximum atomic E-state index is 13.4. The number of nitrogens with zero attached hydrogens (tertiary/aromatic N) is 1. The lowest BCUT2D eigenvalue weighted by molar-refractivity contribution is -0.117. The Bertz CT molecular complexity index is 1190. The number of hydrogen-bond acceptors (Lipinski definition) is 4. The van der Waals surface area contributed by atoms with Crippen LogP contribution in [0.15, 0.2) is 77.7 Å². The van der Waals surface area contributed by atoms with E-state index in [0.29, 0.717) is 18.7 Å². The quantitative estimate of drug-likeness (QED) is 0.306. The van der Waals surface area contributed by atoms with Crippen LogP contribution in [0.2, 0.25) is 0 Å². The second kappa shape index (κ2) is 11.8. The van der Waals surface area contributed by atoms with Crippen molar-refractivity contribution in [2.45, 2.75) is 57.8 Å². The molecule has 3 aromatic carbocycles. The van der Waals surface area contributed by atoms with Gasteiger partial charge in [0.05, 0.1) is 17.2 Å². The molecule has 0 saturated carbocycles. The zero-order valence-corrected chi connectivity index (χ0v) is 21.0. The van der Waals surface area contributed by atoms with Crippen molar-refractivity contribution >= 4 is 21.6 Å². The zero-order valence-electron chi connectivity index (χ0n) is 20.2. The van der Waals surface area contributed by atoms with Gasteiger partial charge in [0.2, 0.25) is 5.91 Å². The highest BCUT2D eigenvalue weighted by molar-refractivity contribution is 7.93. The lowest BCUT2D eigenvalue weighted by Gasteiger charge is -2.23. The molecule has 5 nitrogen and oxygen atoms in total. The lowest BCUT2D eigenvalue weighted by atomic mass is 10.1. The smallest absolute Gasteiger partial charge is 0.270 e. The highest BCUT2D eigenvalue weighted by Crippen LogP contribution is 2.26. The fourth-order valence-corrected chi connectivity index (χ4v) is 5.13. The Hall–Kier alpha value is -3.12. The Morgan fingerprint density at radius 3 is 2.29 bits per heavy atom. The molecule has 0 spiro atoms. The molecule has 0 heterocycles. The average Bonchev–Trinajstić information content (AvgIpc) is 2.84. The molecular weight excluding hydrogens is 446 g/mol. The van der Waals surface area contributed by atoms with Crippen molar-refractivity contribution in [2.24, 2.45) is 0 Å². The summed E-state index contributed by atoms with van der Waals surface area (Å²) in [5.41, 5.74) is 3.59. The zero-order chi connectivity index (χ0) is 24.6. The minimum absolute atomic E-state index is 0.0501. The van der Waals surface area contributed by atoms with Gasteiger partial charge in [-0.2, -0.15) is 0 Å². The van der Waals surface area contributed by atoms with Gasteiger partial charge in [0, 0.05) is 6.42 Å². The fraction of sp³-hybridized carbons (Fsp3) is 0.321. The molecular formula is C28H33NO4S. The van der Waals surface area contributed by atoms with Gasteiger partial charge in [-0.05, 0) is 80.1 Å². The summed E-state index contributed by atoms with van der Waals surface area (Å²) in [5, 5.41) is 0. The van der Waals surface area contributed by atoms with Crippen molar-refractivity contribution in [1.82, 2.24) is 0 Å². The summed E-state index contributed by atoms with van der Waals surface area (Å²) in [5.74, 6) is 0.304. The van der Waals surface area contributed by atoms with E-state index in [1.807, 2.05) is 44.2 Å². The van der Waals surface area contributed by atoms with Crippen molar-refractivity contribution in [1.29, 1.82) is 0 Å². The van der Waals surface area contributed by atoms with Gasteiger partial charge < -0.3 is 4.74 Å². The molecule has 0 aliphatic rings. The maximum absolute atomic E-state index is 13.4. The summed E-state index contributed by atoms with van der Waals surface area (Å²) in [7, 11) is -4.04. The number of aryl methyl sites for hydroxylation is 3. The molecule has 3 rings (SSSR count). The van der Waals surface area contributed by atoms with Crippen LogP contribution in [0, 0.1) is 13.8 Å². The Kier molecular flexibility index (Phi) is 8.88. The van der Waals surface area contributed by atoms with E-state index >= 15 is 0 Å². The second-order valence-corrected chi connectivity index (χ2v) is 10.3. The van der Waals surface area contributed by atoms with Gasteiger partial charge in [-0.25, -0.2) is 12.7 Å². The molecule has 0 fully saturated rings. The molecule has 0 bridgehead atoms. The minimum Gasteiger partial charge on any atom is -0.493 e. The van der Waals surface area contributed by atoms with Crippen LogP contribution in [-0.2, 0) is 21.2 Å². The Labute approximate surface area is 203 Å². The fourth-order valence-electron chi connectivity index (χ4n) is 3.66. The van der Waals surface area contributed by atoms with Crippen LogP contribution in [0.4, 0.5) is 5.69 Å². The van der Waals surface area contributed by atoms with E-state index in [-0.39, 0.29) is 11.3 Å². The molecule has 180 valence electrons. The van der Waals surface area contributed by atoms with Crippen molar-refractivity contribution in [2.75, 3.05) is 10.9 Å². The number of sulfonamides is 1. The van der Waals surface area contributed by atoms with E-state index in [1.165, 1.54) is 12.1 Å². The molecule has 34 heavy (non-hydrogen) atoms. The maximum Gasteiger partial charge on any atom is 0.270 e. The SMILES string of the molecule is CCCCc1ccc(N(C(=O)CCCOc2cc(C)ccc2C)S(=O)(=O)c2ccccc2)cc1. The summed E-state index contributed by atoms with van der Waals surface area (Å²) in [4.78, 5) is 13.3. The van der Waals surface area contributed by atoms with Crippen molar-refractivity contribution < 1.29 is 17.9 Å². The predicted octanol–water partition coefficient (Wildman–Crippen LogP) is 6.23. The Morgan fingerprint density at radius 1 is 0.912 bits per heavy atom. The number of unbranched alkanes of at least 4 members (excludes halogenated alkanes) is 1. The molecule has 0 aliphatic carbocycles. The number of anilines is 1. The molecule has 0 aromatic heterocycles. The number of hydrogen-bond donors (Lipinski definition) is 0. The third-order valence-electron chi connectivity index (χ3n) is 5.63. The van der Waals surface area contributed by atoms with E-state index in [4.69, 9.17) is 4.74 Å². The second-order valence-electron chi connectivity index (χ2n) is 8.47. The van der Waals surface area contributed by atoms with Crippen LogP contribution < -0.4 is 9.04 Å². The highest BCUT2D eigenvalue weighted by Gasteiger charge is 2.30. The molecule has 6 heteroatoms. The normalized spacial score (nSPS) is 11.3. The lowest BCUT2D eigenvalue weighted by Crippen LogP contribution is -2.37. The molecule has 0 N–H and O–H groups in total.